The maximum absolute atomic E-state index is 12.2. The van der Waals surface area contributed by atoms with Crippen LogP contribution in [0.25, 0.3) is 10.2 Å². The number of esters is 1. The molecule has 1 saturated carbocycles. The number of hydrogen-bond donors (Lipinski definition) is 1. The van der Waals surface area contributed by atoms with Crippen LogP contribution in [-0.2, 0) is 9.53 Å². The molecule has 0 unspecified atom stereocenters. The van der Waals surface area contributed by atoms with Crippen molar-refractivity contribution in [3.63, 3.8) is 0 Å². The van der Waals surface area contributed by atoms with Crippen LogP contribution >= 0.6 is 11.3 Å². The van der Waals surface area contributed by atoms with Crippen LogP contribution in [0.15, 0.2) is 0 Å². The topological polar surface area (TPSA) is 81.2 Å². The fourth-order valence-electron chi connectivity index (χ4n) is 2.41. The molecule has 22 heavy (non-hydrogen) atoms. The molecule has 1 aliphatic carbocycles. The van der Waals surface area contributed by atoms with Gasteiger partial charge in [-0.3, -0.25) is 9.59 Å². The minimum absolute atomic E-state index is 0.138. The van der Waals surface area contributed by atoms with Gasteiger partial charge in [-0.15, -0.1) is 11.3 Å². The van der Waals surface area contributed by atoms with Crippen LogP contribution in [0, 0.1) is 13.8 Å². The zero-order chi connectivity index (χ0) is 15.9. The highest BCUT2D eigenvalue weighted by atomic mass is 32.1. The number of ether oxygens (including phenoxy) is 1. The standard InChI is InChI=1S/C15H17N3O3S/c1-7-11-8(2)17-13(9-4-5-9)18-15(11)22-12(7)14(20)16-6-10(19)21-3/h9H,4-6H2,1-3H3,(H,16,20). The first-order valence-electron chi connectivity index (χ1n) is 7.14. The van der Waals surface area contributed by atoms with Crippen LogP contribution < -0.4 is 5.32 Å². The van der Waals surface area contributed by atoms with Crippen molar-refractivity contribution in [2.75, 3.05) is 13.7 Å². The van der Waals surface area contributed by atoms with Gasteiger partial charge in [0.2, 0.25) is 0 Å². The maximum Gasteiger partial charge on any atom is 0.325 e. The van der Waals surface area contributed by atoms with Crippen LogP contribution in [0.4, 0.5) is 0 Å². The summed E-state index contributed by atoms with van der Waals surface area (Å²) in [5.74, 6) is 0.604. The van der Waals surface area contributed by atoms with Crippen molar-refractivity contribution in [1.82, 2.24) is 15.3 Å². The molecule has 2 aromatic heterocycles. The van der Waals surface area contributed by atoms with Gasteiger partial charge in [-0.05, 0) is 32.3 Å². The third-order valence-electron chi connectivity index (χ3n) is 3.76. The highest BCUT2D eigenvalue weighted by Gasteiger charge is 2.28. The normalized spacial score (nSPS) is 14.1. The summed E-state index contributed by atoms with van der Waals surface area (Å²) in [4.78, 5) is 34.0. The monoisotopic (exact) mass is 319 g/mol. The molecule has 0 saturated heterocycles. The number of nitrogens with zero attached hydrogens (tertiary/aromatic N) is 2. The average Bonchev–Trinajstić information content (AvgIpc) is 3.29. The molecule has 0 aromatic carbocycles. The van der Waals surface area contributed by atoms with Gasteiger partial charge in [0.15, 0.2) is 0 Å². The summed E-state index contributed by atoms with van der Waals surface area (Å²) in [5.41, 5.74) is 1.77. The van der Waals surface area contributed by atoms with Gasteiger partial charge in [-0.25, -0.2) is 9.97 Å². The lowest BCUT2D eigenvalue weighted by molar-refractivity contribution is -0.139. The number of aromatic nitrogens is 2. The largest absolute Gasteiger partial charge is 0.468 e. The Bertz CT molecular complexity index is 765. The second-order valence-electron chi connectivity index (χ2n) is 5.44. The smallest absolute Gasteiger partial charge is 0.325 e. The molecule has 1 fully saturated rings. The number of fused-ring (bicyclic) bond motifs is 1. The molecule has 3 rings (SSSR count). The molecule has 2 aromatic rings. The van der Waals surface area contributed by atoms with E-state index in [1.165, 1.54) is 18.4 Å². The zero-order valence-corrected chi connectivity index (χ0v) is 13.5. The van der Waals surface area contributed by atoms with Crippen LogP contribution in [-0.4, -0.2) is 35.5 Å². The Kier molecular flexibility index (Phi) is 3.82. The van der Waals surface area contributed by atoms with E-state index in [1.54, 1.807) is 0 Å². The third-order valence-corrected chi connectivity index (χ3v) is 4.94. The fraction of sp³-hybridized carbons (Fsp3) is 0.467. The molecule has 7 heteroatoms. The molecular formula is C15H17N3O3S. The molecule has 0 spiro atoms. The summed E-state index contributed by atoms with van der Waals surface area (Å²) in [7, 11) is 1.29. The highest BCUT2D eigenvalue weighted by Crippen LogP contribution is 2.40. The lowest BCUT2D eigenvalue weighted by Gasteiger charge is -2.03. The number of nitrogens with one attached hydrogen (secondary N) is 1. The Hall–Kier alpha value is -2.02. The van der Waals surface area contributed by atoms with Gasteiger partial charge >= 0.3 is 5.97 Å². The first-order valence-corrected chi connectivity index (χ1v) is 7.95. The Balaban J connectivity index is 1.93. The van der Waals surface area contributed by atoms with E-state index in [9.17, 15) is 9.59 Å². The van der Waals surface area contributed by atoms with Gasteiger partial charge in [-0.1, -0.05) is 0 Å². The van der Waals surface area contributed by atoms with Gasteiger partial charge in [0, 0.05) is 11.3 Å². The predicted molar refractivity (Wildman–Crippen MR) is 83.2 cm³/mol. The molecule has 1 aliphatic rings. The van der Waals surface area contributed by atoms with Crippen LogP contribution in [0.3, 0.4) is 0 Å². The van der Waals surface area contributed by atoms with Crippen molar-refractivity contribution in [2.24, 2.45) is 0 Å². The summed E-state index contributed by atoms with van der Waals surface area (Å²) in [6, 6.07) is 0. The molecule has 0 bridgehead atoms. The predicted octanol–water partition coefficient (Wildman–Crippen LogP) is 2.09. The summed E-state index contributed by atoms with van der Waals surface area (Å²) >= 11 is 1.35. The maximum atomic E-state index is 12.2. The average molecular weight is 319 g/mol. The molecule has 0 atom stereocenters. The molecule has 116 valence electrons. The zero-order valence-electron chi connectivity index (χ0n) is 12.7. The minimum Gasteiger partial charge on any atom is -0.468 e. The summed E-state index contributed by atoms with van der Waals surface area (Å²) in [6.45, 7) is 3.70. The van der Waals surface area contributed by atoms with E-state index < -0.39 is 5.97 Å². The van der Waals surface area contributed by atoms with Gasteiger partial charge in [0.1, 0.15) is 17.2 Å². The molecule has 2 heterocycles. The number of carbonyl (C=O) groups is 2. The van der Waals surface area contributed by atoms with Gasteiger partial charge in [0.25, 0.3) is 5.91 Å². The van der Waals surface area contributed by atoms with Crippen LogP contribution in [0.1, 0.15) is 45.5 Å². The van der Waals surface area contributed by atoms with E-state index in [1.807, 2.05) is 13.8 Å². The number of carbonyl (C=O) groups excluding carboxylic acids is 2. The Morgan fingerprint density at radius 1 is 1.32 bits per heavy atom. The van der Waals surface area contributed by atoms with Crippen molar-refractivity contribution < 1.29 is 14.3 Å². The fourth-order valence-corrected chi connectivity index (χ4v) is 3.56. The summed E-state index contributed by atoms with van der Waals surface area (Å²) in [5, 5.41) is 3.51. The second kappa shape index (κ2) is 5.64. The van der Waals surface area contributed by atoms with Crippen molar-refractivity contribution >= 4 is 33.4 Å². The van der Waals surface area contributed by atoms with Gasteiger partial charge in [0.05, 0.1) is 17.7 Å². The van der Waals surface area contributed by atoms with Crippen molar-refractivity contribution in [1.29, 1.82) is 0 Å². The number of rotatable bonds is 4. The Morgan fingerprint density at radius 2 is 2.05 bits per heavy atom. The van der Waals surface area contributed by atoms with E-state index in [2.05, 4.69) is 20.0 Å². The van der Waals surface area contributed by atoms with E-state index in [-0.39, 0.29) is 12.5 Å². The van der Waals surface area contributed by atoms with Crippen LogP contribution in [0.5, 0.6) is 0 Å². The number of hydrogen-bond acceptors (Lipinski definition) is 6. The lowest BCUT2D eigenvalue weighted by atomic mass is 10.1. The SMILES string of the molecule is COC(=O)CNC(=O)c1sc2nc(C3CC3)nc(C)c2c1C. The summed E-state index contributed by atoms with van der Waals surface area (Å²) in [6.07, 6.45) is 2.28. The van der Waals surface area contributed by atoms with E-state index in [0.717, 1.165) is 40.1 Å². The molecule has 1 amide bonds. The number of aryl methyl sites for hydroxylation is 2. The van der Waals surface area contributed by atoms with Crippen molar-refractivity contribution in [3.8, 4) is 0 Å². The summed E-state index contributed by atoms with van der Waals surface area (Å²) < 4.78 is 4.52. The Morgan fingerprint density at radius 3 is 2.68 bits per heavy atom. The van der Waals surface area contributed by atoms with Gasteiger partial charge in [-0.2, -0.15) is 0 Å². The minimum atomic E-state index is -0.473. The van der Waals surface area contributed by atoms with E-state index in [4.69, 9.17) is 0 Å². The third kappa shape index (κ3) is 2.68. The molecule has 6 nitrogen and oxygen atoms in total. The van der Waals surface area contributed by atoms with Crippen molar-refractivity contribution in [3.05, 3.63) is 22.0 Å². The van der Waals surface area contributed by atoms with E-state index >= 15 is 0 Å². The number of thiophene rings is 1. The lowest BCUT2D eigenvalue weighted by Crippen LogP contribution is -2.29. The molecule has 0 aliphatic heterocycles. The van der Waals surface area contributed by atoms with Gasteiger partial charge < -0.3 is 10.1 Å². The molecule has 1 N–H and O–H groups in total. The Labute approximate surface area is 131 Å². The number of methoxy groups -OCH3 is 1. The second-order valence-corrected chi connectivity index (χ2v) is 6.44. The number of amides is 1. The van der Waals surface area contributed by atoms with E-state index in [0.29, 0.717) is 10.8 Å². The van der Waals surface area contributed by atoms with Crippen molar-refractivity contribution in [2.45, 2.75) is 32.6 Å². The first-order chi connectivity index (χ1) is 10.5. The quantitative estimate of drug-likeness (QED) is 0.873. The highest BCUT2D eigenvalue weighted by molar-refractivity contribution is 7.20. The van der Waals surface area contributed by atoms with Crippen LogP contribution in [0.2, 0.25) is 0 Å². The molecule has 0 radical (unpaired) electrons. The molecular weight excluding hydrogens is 302 g/mol. The first kappa shape index (κ1) is 14.9.